The van der Waals surface area contributed by atoms with Gasteiger partial charge in [-0.05, 0) is 37.7 Å². The normalized spacial score (nSPS) is 33.7. The third kappa shape index (κ3) is 1.66. The van der Waals surface area contributed by atoms with Gasteiger partial charge in [0.15, 0.2) is 0 Å². The molecule has 2 saturated carbocycles. The SMILES string of the molecule is CC(=O)OC1(c2ccc(C)cc2)CC2CCCC21. The summed E-state index contributed by atoms with van der Waals surface area (Å²) >= 11 is 0. The van der Waals surface area contributed by atoms with E-state index in [1.54, 1.807) is 0 Å². The topological polar surface area (TPSA) is 26.3 Å². The molecular formula is C16H20O2. The van der Waals surface area contributed by atoms with Gasteiger partial charge in [-0.25, -0.2) is 0 Å². The molecule has 0 radical (unpaired) electrons. The highest BCUT2D eigenvalue weighted by Crippen LogP contribution is 2.60. The smallest absolute Gasteiger partial charge is 0.303 e. The molecule has 96 valence electrons. The molecule has 2 fully saturated rings. The first-order valence-corrected chi connectivity index (χ1v) is 6.88. The van der Waals surface area contributed by atoms with E-state index in [9.17, 15) is 4.79 Å². The van der Waals surface area contributed by atoms with E-state index in [0.29, 0.717) is 5.92 Å². The lowest BCUT2D eigenvalue weighted by Gasteiger charge is -2.51. The summed E-state index contributed by atoms with van der Waals surface area (Å²) < 4.78 is 5.77. The summed E-state index contributed by atoms with van der Waals surface area (Å²) in [7, 11) is 0. The van der Waals surface area contributed by atoms with Crippen molar-refractivity contribution in [3.63, 3.8) is 0 Å². The Bertz CT molecular complexity index is 462. The third-order valence-electron chi connectivity index (χ3n) is 4.69. The molecule has 0 bridgehead atoms. The van der Waals surface area contributed by atoms with Crippen molar-refractivity contribution in [1.29, 1.82) is 0 Å². The second-order valence-electron chi connectivity index (χ2n) is 5.85. The molecule has 0 amide bonds. The maximum atomic E-state index is 11.5. The Morgan fingerprint density at radius 3 is 2.61 bits per heavy atom. The van der Waals surface area contributed by atoms with Gasteiger partial charge in [0.1, 0.15) is 5.60 Å². The Kier molecular flexibility index (Phi) is 2.69. The lowest BCUT2D eigenvalue weighted by molar-refractivity contribution is -0.193. The van der Waals surface area contributed by atoms with Crippen LogP contribution in [0.2, 0.25) is 0 Å². The first kappa shape index (κ1) is 11.8. The molecule has 0 N–H and O–H groups in total. The van der Waals surface area contributed by atoms with E-state index in [4.69, 9.17) is 4.74 Å². The molecule has 2 aliphatic carbocycles. The molecule has 1 aromatic rings. The number of fused-ring (bicyclic) bond motifs is 1. The van der Waals surface area contributed by atoms with E-state index in [-0.39, 0.29) is 11.6 Å². The number of carbonyl (C=O) groups is 1. The average molecular weight is 244 g/mol. The first-order valence-electron chi connectivity index (χ1n) is 6.88. The minimum Gasteiger partial charge on any atom is -0.454 e. The van der Waals surface area contributed by atoms with E-state index >= 15 is 0 Å². The highest BCUT2D eigenvalue weighted by molar-refractivity contribution is 5.67. The molecule has 0 aliphatic heterocycles. The molecule has 18 heavy (non-hydrogen) atoms. The summed E-state index contributed by atoms with van der Waals surface area (Å²) in [5.41, 5.74) is 2.12. The van der Waals surface area contributed by atoms with Gasteiger partial charge in [-0.1, -0.05) is 36.2 Å². The molecule has 3 unspecified atom stereocenters. The number of hydrogen-bond acceptors (Lipinski definition) is 2. The van der Waals surface area contributed by atoms with Crippen molar-refractivity contribution in [2.24, 2.45) is 11.8 Å². The van der Waals surface area contributed by atoms with Gasteiger partial charge in [-0.3, -0.25) is 4.79 Å². The zero-order chi connectivity index (χ0) is 12.8. The molecule has 2 aliphatic rings. The van der Waals surface area contributed by atoms with Crippen LogP contribution >= 0.6 is 0 Å². The number of benzene rings is 1. The van der Waals surface area contributed by atoms with Gasteiger partial charge in [-0.2, -0.15) is 0 Å². The van der Waals surface area contributed by atoms with Crippen LogP contribution in [0.5, 0.6) is 0 Å². The van der Waals surface area contributed by atoms with Crippen LogP contribution in [0.15, 0.2) is 24.3 Å². The van der Waals surface area contributed by atoms with Crippen LogP contribution in [-0.4, -0.2) is 5.97 Å². The van der Waals surface area contributed by atoms with Crippen LogP contribution in [0.1, 0.15) is 43.7 Å². The fraction of sp³-hybridized carbons (Fsp3) is 0.562. The van der Waals surface area contributed by atoms with Gasteiger partial charge in [0.25, 0.3) is 0 Å². The summed E-state index contributed by atoms with van der Waals surface area (Å²) in [5, 5.41) is 0. The Morgan fingerprint density at radius 2 is 2.00 bits per heavy atom. The molecule has 0 saturated heterocycles. The fourth-order valence-corrected chi connectivity index (χ4v) is 3.88. The number of rotatable bonds is 2. The largest absolute Gasteiger partial charge is 0.454 e. The highest BCUT2D eigenvalue weighted by atomic mass is 16.6. The van der Waals surface area contributed by atoms with Crippen LogP contribution in [0.25, 0.3) is 0 Å². The van der Waals surface area contributed by atoms with Gasteiger partial charge in [0.05, 0.1) is 0 Å². The lowest BCUT2D eigenvalue weighted by atomic mass is 9.60. The minimum absolute atomic E-state index is 0.152. The Labute approximate surface area is 108 Å². The first-order chi connectivity index (χ1) is 8.62. The molecule has 2 heteroatoms. The monoisotopic (exact) mass is 244 g/mol. The summed E-state index contributed by atoms with van der Waals surface area (Å²) in [4.78, 5) is 11.5. The van der Waals surface area contributed by atoms with Crippen molar-refractivity contribution in [2.45, 2.75) is 45.1 Å². The molecular weight excluding hydrogens is 224 g/mol. The quantitative estimate of drug-likeness (QED) is 0.743. The van der Waals surface area contributed by atoms with Crippen molar-refractivity contribution >= 4 is 5.97 Å². The van der Waals surface area contributed by atoms with Crippen LogP contribution in [0.4, 0.5) is 0 Å². The Balaban J connectivity index is 1.95. The van der Waals surface area contributed by atoms with E-state index in [2.05, 4.69) is 31.2 Å². The Morgan fingerprint density at radius 1 is 1.28 bits per heavy atom. The second-order valence-corrected chi connectivity index (χ2v) is 5.85. The van der Waals surface area contributed by atoms with Gasteiger partial charge in [0.2, 0.25) is 0 Å². The summed E-state index contributed by atoms with van der Waals surface area (Å²) in [6, 6.07) is 8.49. The van der Waals surface area contributed by atoms with Gasteiger partial charge in [0, 0.05) is 12.8 Å². The predicted octanol–water partition coefficient (Wildman–Crippen LogP) is 3.57. The molecule has 0 spiro atoms. The summed E-state index contributed by atoms with van der Waals surface area (Å²) in [6.07, 6.45) is 4.80. The second kappa shape index (κ2) is 4.11. The molecule has 1 aromatic carbocycles. The maximum Gasteiger partial charge on any atom is 0.303 e. The van der Waals surface area contributed by atoms with Gasteiger partial charge >= 0.3 is 5.97 Å². The van der Waals surface area contributed by atoms with Crippen LogP contribution in [-0.2, 0) is 15.1 Å². The lowest BCUT2D eigenvalue weighted by Crippen LogP contribution is -2.51. The average Bonchev–Trinajstić information content (AvgIpc) is 2.69. The standard InChI is InChI=1S/C16H20O2/c1-11-6-8-14(9-7-11)16(18-12(2)17)10-13-4-3-5-15(13)16/h6-9,13,15H,3-5,10H2,1-2H3. The predicted molar refractivity (Wildman–Crippen MR) is 70.1 cm³/mol. The molecule has 2 nitrogen and oxygen atoms in total. The Hall–Kier alpha value is -1.31. The minimum atomic E-state index is -0.319. The fourth-order valence-electron chi connectivity index (χ4n) is 3.88. The van der Waals surface area contributed by atoms with Crippen molar-refractivity contribution in [3.05, 3.63) is 35.4 Å². The highest BCUT2D eigenvalue weighted by Gasteiger charge is 2.58. The van der Waals surface area contributed by atoms with Crippen molar-refractivity contribution in [3.8, 4) is 0 Å². The number of esters is 1. The zero-order valence-corrected chi connectivity index (χ0v) is 11.1. The molecule has 3 rings (SSSR count). The molecule has 0 aromatic heterocycles. The zero-order valence-electron chi connectivity index (χ0n) is 11.1. The van der Waals surface area contributed by atoms with Crippen LogP contribution in [0, 0.1) is 18.8 Å². The van der Waals surface area contributed by atoms with E-state index in [1.165, 1.54) is 37.3 Å². The van der Waals surface area contributed by atoms with Gasteiger partial charge < -0.3 is 4.74 Å². The molecule has 0 heterocycles. The summed E-state index contributed by atoms with van der Waals surface area (Å²) in [5.74, 6) is 1.16. The maximum absolute atomic E-state index is 11.5. The van der Waals surface area contributed by atoms with Crippen LogP contribution < -0.4 is 0 Å². The number of carbonyl (C=O) groups excluding carboxylic acids is 1. The van der Waals surface area contributed by atoms with E-state index in [1.807, 2.05) is 0 Å². The van der Waals surface area contributed by atoms with Crippen LogP contribution in [0.3, 0.4) is 0 Å². The number of hydrogen-bond donors (Lipinski definition) is 0. The molecule has 3 atom stereocenters. The summed E-state index contributed by atoms with van der Waals surface area (Å²) in [6.45, 7) is 3.61. The van der Waals surface area contributed by atoms with Gasteiger partial charge in [-0.15, -0.1) is 0 Å². The third-order valence-corrected chi connectivity index (χ3v) is 4.69. The van der Waals surface area contributed by atoms with Crippen molar-refractivity contribution in [2.75, 3.05) is 0 Å². The number of aryl methyl sites for hydroxylation is 1. The van der Waals surface area contributed by atoms with E-state index in [0.717, 1.165) is 12.3 Å². The van der Waals surface area contributed by atoms with Crippen molar-refractivity contribution < 1.29 is 9.53 Å². The van der Waals surface area contributed by atoms with Crippen molar-refractivity contribution in [1.82, 2.24) is 0 Å². The number of ether oxygens (including phenoxy) is 1. The van der Waals surface area contributed by atoms with E-state index < -0.39 is 0 Å².